The number of aromatic nitrogens is 2. The van der Waals surface area contributed by atoms with Gasteiger partial charge < -0.3 is 0 Å². The van der Waals surface area contributed by atoms with Gasteiger partial charge in [-0.15, -0.1) is 10.2 Å². The summed E-state index contributed by atoms with van der Waals surface area (Å²) in [5, 5.41) is 12.2. The molecule has 1 atom stereocenters. The molecule has 0 unspecified atom stereocenters. The number of nitrogens with one attached hydrogen (secondary N) is 1. The van der Waals surface area contributed by atoms with E-state index in [1.165, 1.54) is 15.6 Å². The number of sulfonamides is 1. The van der Waals surface area contributed by atoms with Crippen LogP contribution in [0.3, 0.4) is 0 Å². The molecule has 1 aromatic carbocycles. The summed E-state index contributed by atoms with van der Waals surface area (Å²) >= 11 is 1.37. The number of hydrogen-bond acceptors (Lipinski definition) is 6. The van der Waals surface area contributed by atoms with Gasteiger partial charge in [0.15, 0.2) is 0 Å². The van der Waals surface area contributed by atoms with Crippen molar-refractivity contribution in [1.29, 1.82) is 0 Å². The van der Waals surface area contributed by atoms with Gasteiger partial charge in [0.05, 0.1) is 4.90 Å². The Balaban J connectivity index is 1.51. The summed E-state index contributed by atoms with van der Waals surface area (Å²) in [6.45, 7) is 0.346. The maximum absolute atomic E-state index is 12.8. The Morgan fingerprint density at radius 2 is 1.92 bits per heavy atom. The van der Waals surface area contributed by atoms with Gasteiger partial charge in [-0.2, -0.15) is 4.31 Å². The number of amides is 1. The molecule has 4 rings (SSSR count). The summed E-state index contributed by atoms with van der Waals surface area (Å²) in [7, 11) is -3.68. The summed E-state index contributed by atoms with van der Waals surface area (Å²) in [6, 6.07) is 7.51. The van der Waals surface area contributed by atoms with Gasteiger partial charge in [-0.3, -0.25) is 10.1 Å². The van der Waals surface area contributed by atoms with Gasteiger partial charge in [0.1, 0.15) is 11.0 Å². The maximum Gasteiger partial charge on any atom is 0.244 e. The number of carbonyl (C=O) groups excluding carboxylic acids is 1. The first-order valence-electron chi connectivity index (χ1n) is 8.27. The quantitative estimate of drug-likeness (QED) is 0.861. The van der Waals surface area contributed by atoms with Gasteiger partial charge in [-0.1, -0.05) is 29.5 Å². The largest absolute Gasteiger partial charge is 0.299 e. The second-order valence-corrected chi connectivity index (χ2v) is 9.20. The van der Waals surface area contributed by atoms with Crippen molar-refractivity contribution in [2.45, 2.75) is 42.5 Å². The van der Waals surface area contributed by atoms with Gasteiger partial charge in [0.25, 0.3) is 0 Å². The van der Waals surface area contributed by atoms with Crippen LogP contribution < -0.4 is 5.32 Å². The van der Waals surface area contributed by atoms with E-state index >= 15 is 0 Å². The minimum atomic E-state index is -3.68. The Kier molecular flexibility index (Phi) is 4.30. The molecular weight excluding hydrogens is 360 g/mol. The maximum atomic E-state index is 12.8. The van der Waals surface area contributed by atoms with Gasteiger partial charge in [-0.05, 0) is 37.8 Å². The fourth-order valence-corrected chi connectivity index (χ4v) is 5.58. The molecule has 2 heterocycles. The second-order valence-electron chi connectivity index (χ2n) is 6.30. The monoisotopic (exact) mass is 378 g/mol. The smallest absolute Gasteiger partial charge is 0.244 e. The Morgan fingerprint density at radius 1 is 1.16 bits per heavy atom. The molecule has 2 aliphatic rings. The van der Waals surface area contributed by atoms with Crippen molar-refractivity contribution >= 4 is 32.4 Å². The average Bonchev–Trinajstić information content (AvgIpc) is 3.15. The fraction of sp³-hybridized carbons (Fsp3) is 0.438. The summed E-state index contributed by atoms with van der Waals surface area (Å²) in [5.41, 5.74) is 0. The fourth-order valence-electron chi connectivity index (χ4n) is 2.99. The standard InChI is InChI=1S/C16H18N4O3S2/c21-14(17-16-19-18-15(24-16)11-8-9-11)13-7-4-10-20(13)25(22,23)12-5-2-1-3-6-12/h1-3,5-6,11,13H,4,7-10H2,(H,17,19,21)/t13-/m1/s1. The average molecular weight is 378 g/mol. The number of carbonyl (C=O) groups is 1. The summed E-state index contributed by atoms with van der Waals surface area (Å²) in [5.74, 6) is 0.139. The van der Waals surface area contributed by atoms with Crippen molar-refractivity contribution in [3.63, 3.8) is 0 Å². The molecule has 0 bridgehead atoms. The summed E-state index contributed by atoms with van der Waals surface area (Å²) in [6.07, 6.45) is 3.41. The van der Waals surface area contributed by atoms with Crippen LogP contribution in [-0.4, -0.2) is 41.4 Å². The van der Waals surface area contributed by atoms with Crippen LogP contribution in [0.2, 0.25) is 0 Å². The second kappa shape index (κ2) is 6.47. The molecule has 1 saturated carbocycles. The first-order valence-corrected chi connectivity index (χ1v) is 10.5. The Labute approximate surface area is 150 Å². The van der Waals surface area contributed by atoms with Gasteiger partial charge in [-0.25, -0.2) is 8.42 Å². The zero-order valence-electron chi connectivity index (χ0n) is 13.5. The number of anilines is 1. The van der Waals surface area contributed by atoms with Crippen LogP contribution in [0.5, 0.6) is 0 Å². The topological polar surface area (TPSA) is 92.3 Å². The normalized spacial score (nSPS) is 21.4. The molecule has 9 heteroatoms. The highest BCUT2D eigenvalue weighted by molar-refractivity contribution is 7.89. The lowest BCUT2D eigenvalue weighted by molar-refractivity contribution is -0.119. The van der Waals surface area contributed by atoms with E-state index in [0.29, 0.717) is 30.4 Å². The third-order valence-electron chi connectivity index (χ3n) is 4.45. The summed E-state index contributed by atoms with van der Waals surface area (Å²) < 4.78 is 26.9. The van der Waals surface area contributed by atoms with Crippen LogP contribution in [-0.2, 0) is 14.8 Å². The van der Waals surface area contributed by atoms with Crippen molar-refractivity contribution in [1.82, 2.24) is 14.5 Å². The van der Waals surface area contributed by atoms with Crippen molar-refractivity contribution in [3.8, 4) is 0 Å². The van der Waals surface area contributed by atoms with Gasteiger partial charge in [0, 0.05) is 12.5 Å². The molecule has 1 N–H and O–H groups in total. The lowest BCUT2D eigenvalue weighted by atomic mass is 10.2. The predicted molar refractivity (Wildman–Crippen MR) is 93.9 cm³/mol. The predicted octanol–water partition coefficient (Wildman–Crippen LogP) is 2.21. The number of rotatable bonds is 5. The first kappa shape index (κ1) is 16.6. The van der Waals surface area contributed by atoms with Gasteiger partial charge >= 0.3 is 0 Å². The lowest BCUT2D eigenvalue weighted by Gasteiger charge is -2.22. The van der Waals surface area contributed by atoms with Crippen molar-refractivity contribution in [3.05, 3.63) is 35.3 Å². The minimum absolute atomic E-state index is 0.210. The van der Waals surface area contributed by atoms with Crippen molar-refractivity contribution < 1.29 is 13.2 Å². The third kappa shape index (κ3) is 3.31. The van der Waals surface area contributed by atoms with E-state index in [1.807, 2.05) is 0 Å². The number of hydrogen-bond donors (Lipinski definition) is 1. The van der Waals surface area contributed by atoms with Crippen molar-refractivity contribution in [2.24, 2.45) is 0 Å². The van der Waals surface area contributed by atoms with Crippen LogP contribution in [0.15, 0.2) is 35.2 Å². The molecule has 2 aromatic rings. The van der Waals surface area contributed by atoms with Crippen LogP contribution in [0.4, 0.5) is 5.13 Å². The molecule has 0 radical (unpaired) electrons. The molecule has 7 nitrogen and oxygen atoms in total. The van der Waals surface area contributed by atoms with E-state index in [-0.39, 0.29) is 10.8 Å². The SMILES string of the molecule is O=C(Nc1nnc(C2CC2)s1)[C@H]1CCCN1S(=O)(=O)c1ccccc1. The van der Waals surface area contributed by atoms with Crippen molar-refractivity contribution in [2.75, 3.05) is 11.9 Å². The molecule has 1 saturated heterocycles. The van der Waals surface area contributed by atoms with Crippen LogP contribution in [0.1, 0.15) is 36.6 Å². The summed E-state index contributed by atoms with van der Waals surface area (Å²) in [4.78, 5) is 12.8. The van der Waals surface area contributed by atoms with E-state index in [4.69, 9.17) is 0 Å². The molecule has 1 aliphatic heterocycles. The highest BCUT2D eigenvalue weighted by atomic mass is 32.2. The molecule has 2 fully saturated rings. The highest BCUT2D eigenvalue weighted by Gasteiger charge is 2.39. The van der Waals surface area contributed by atoms with Gasteiger partial charge in [0.2, 0.25) is 21.1 Å². The number of benzene rings is 1. The van der Waals surface area contributed by atoms with E-state index in [0.717, 1.165) is 17.8 Å². The van der Waals surface area contributed by atoms with Crippen LogP contribution in [0.25, 0.3) is 0 Å². The Morgan fingerprint density at radius 3 is 2.64 bits per heavy atom. The Hall–Kier alpha value is -1.84. The van der Waals surface area contributed by atoms with E-state index in [2.05, 4.69) is 15.5 Å². The number of nitrogens with zero attached hydrogens (tertiary/aromatic N) is 3. The van der Waals surface area contributed by atoms with E-state index in [9.17, 15) is 13.2 Å². The third-order valence-corrected chi connectivity index (χ3v) is 7.38. The Bertz CT molecular complexity index is 878. The molecular formula is C16H18N4O3S2. The molecule has 1 aliphatic carbocycles. The zero-order chi connectivity index (χ0) is 17.4. The zero-order valence-corrected chi connectivity index (χ0v) is 15.1. The van der Waals surface area contributed by atoms with E-state index in [1.54, 1.807) is 30.3 Å². The van der Waals surface area contributed by atoms with Crippen LogP contribution >= 0.6 is 11.3 Å². The van der Waals surface area contributed by atoms with Crippen LogP contribution in [0, 0.1) is 0 Å². The van der Waals surface area contributed by atoms with E-state index < -0.39 is 16.1 Å². The molecule has 132 valence electrons. The highest BCUT2D eigenvalue weighted by Crippen LogP contribution is 2.42. The molecule has 1 aromatic heterocycles. The molecule has 0 spiro atoms. The minimum Gasteiger partial charge on any atom is -0.299 e. The first-order chi connectivity index (χ1) is 12.1. The molecule has 1 amide bonds. The lowest BCUT2D eigenvalue weighted by Crippen LogP contribution is -2.43. The molecule has 25 heavy (non-hydrogen) atoms.